The summed E-state index contributed by atoms with van der Waals surface area (Å²) in [4.78, 5) is 11.6. The average Bonchev–Trinajstić information content (AvgIpc) is 2.59. The van der Waals surface area contributed by atoms with Crippen molar-refractivity contribution in [3.8, 4) is 0 Å². The van der Waals surface area contributed by atoms with Crippen LogP contribution in [0.2, 0.25) is 5.02 Å². The van der Waals surface area contributed by atoms with Crippen LogP contribution in [0.15, 0.2) is 18.2 Å². The summed E-state index contributed by atoms with van der Waals surface area (Å²) >= 11 is 5.63. The number of carbonyl (C=O) groups is 1. The molecular weight excluding hydrogens is 409 g/mol. The van der Waals surface area contributed by atoms with Crippen molar-refractivity contribution in [1.29, 1.82) is 0 Å². The van der Waals surface area contributed by atoms with Crippen molar-refractivity contribution in [2.75, 3.05) is 5.32 Å². The van der Waals surface area contributed by atoms with Crippen LogP contribution in [0.1, 0.15) is 5.56 Å². The SMILES string of the molecule is Cc1c(Cl)cccc1NC(=O)C(F)(F)[C@]1(F)OC(F)(F)C(F)(F)C1(F)F. The van der Waals surface area contributed by atoms with Gasteiger partial charge in [0.2, 0.25) is 0 Å². The molecule has 1 atom stereocenters. The van der Waals surface area contributed by atoms with Gasteiger partial charge in [-0.05, 0) is 24.6 Å². The molecule has 3 nitrogen and oxygen atoms in total. The van der Waals surface area contributed by atoms with Crippen molar-refractivity contribution < 1.29 is 49.0 Å². The molecule has 146 valence electrons. The zero-order chi connectivity index (χ0) is 20.3. The number of hydrogen-bond donors (Lipinski definition) is 1. The molecule has 0 spiro atoms. The number of amides is 1. The van der Waals surface area contributed by atoms with Crippen molar-refractivity contribution in [3.63, 3.8) is 0 Å². The van der Waals surface area contributed by atoms with Crippen molar-refractivity contribution in [2.45, 2.75) is 36.7 Å². The van der Waals surface area contributed by atoms with Gasteiger partial charge in [0.15, 0.2) is 0 Å². The van der Waals surface area contributed by atoms with E-state index in [2.05, 4.69) is 4.74 Å². The van der Waals surface area contributed by atoms with E-state index in [9.17, 15) is 44.3 Å². The zero-order valence-electron chi connectivity index (χ0n) is 12.3. The van der Waals surface area contributed by atoms with Gasteiger partial charge in [0.1, 0.15) is 0 Å². The van der Waals surface area contributed by atoms with Crippen molar-refractivity contribution in [3.05, 3.63) is 28.8 Å². The van der Waals surface area contributed by atoms with Gasteiger partial charge in [-0.15, -0.1) is 0 Å². The van der Waals surface area contributed by atoms with Crippen LogP contribution in [0.4, 0.5) is 45.2 Å². The highest BCUT2D eigenvalue weighted by Gasteiger charge is 2.96. The average molecular weight is 416 g/mol. The molecule has 1 heterocycles. The van der Waals surface area contributed by atoms with Crippen LogP contribution in [0.3, 0.4) is 0 Å². The molecule has 1 aromatic carbocycles. The van der Waals surface area contributed by atoms with Gasteiger partial charge >= 0.3 is 35.6 Å². The van der Waals surface area contributed by atoms with E-state index >= 15 is 0 Å². The van der Waals surface area contributed by atoms with Crippen LogP contribution >= 0.6 is 11.6 Å². The molecule has 1 amide bonds. The second kappa shape index (κ2) is 5.65. The summed E-state index contributed by atoms with van der Waals surface area (Å²) in [5.74, 6) is -28.7. The summed E-state index contributed by atoms with van der Waals surface area (Å²) in [5, 5.41) is 1.19. The Kier molecular flexibility index (Phi) is 4.48. The fraction of sp³-hybridized carbons (Fsp3) is 0.462. The van der Waals surface area contributed by atoms with E-state index in [0.29, 0.717) is 0 Å². The molecule has 0 radical (unpaired) electrons. The maximum absolute atomic E-state index is 14.0. The number of rotatable bonds is 3. The van der Waals surface area contributed by atoms with Crippen LogP contribution in [0.5, 0.6) is 0 Å². The zero-order valence-corrected chi connectivity index (χ0v) is 13.1. The Bertz CT molecular complexity index is 755. The molecule has 1 aliphatic rings. The second-order valence-electron chi connectivity index (χ2n) is 5.30. The van der Waals surface area contributed by atoms with Gasteiger partial charge in [-0.25, -0.2) is 0 Å². The molecule has 0 aromatic heterocycles. The maximum Gasteiger partial charge on any atom is 0.428 e. The number of hydrogen-bond acceptors (Lipinski definition) is 2. The molecule has 26 heavy (non-hydrogen) atoms. The lowest BCUT2D eigenvalue weighted by Gasteiger charge is -2.31. The Morgan fingerprint density at radius 3 is 2.08 bits per heavy atom. The first-order valence-corrected chi connectivity index (χ1v) is 6.87. The Morgan fingerprint density at radius 2 is 1.62 bits per heavy atom. The molecule has 2 rings (SSSR count). The Morgan fingerprint density at radius 1 is 1.08 bits per heavy atom. The third kappa shape index (κ3) is 2.45. The summed E-state index contributed by atoms with van der Waals surface area (Å²) in [6.45, 7) is 1.18. The second-order valence-corrected chi connectivity index (χ2v) is 5.71. The number of carbonyl (C=O) groups excluding carboxylic acids is 1. The molecule has 1 fully saturated rings. The number of nitrogens with one attached hydrogen (secondary N) is 1. The highest BCUT2D eigenvalue weighted by molar-refractivity contribution is 6.31. The van der Waals surface area contributed by atoms with E-state index in [-0.39, 0.29) is 10.6 Å². The molecule has 0 bridgehead atoms. The number of ether oxygens (including phenoxy) is 1. The van der Waals surface area contributed by atoms with E-state index < -0.39 is 41.3 Å². The smallest absolute Gasteiger partial charge is 0.320 e. The lowest BCUT2D eigenvalue weighted by atomic mass is 9.99. The van der Waals surface area contributed by atoms with Gasteiger partial charge < -0.3 is 5.32 Å². The normalized spacial score (nSPS) is 26.6. The number of halogens is 10. The van der Waals surface area contributed by atoms with E-state index in [1.54, 1.807) is 0 Å². The van der Waals surface area contributed by atoms with Gasteiger partial charge in [0.05, 0.1) is 0 Å². The molecule has 0 aliphatic carbocycles. The molecule has 0 saturated carbocycles. The minimum absolute atomic E-state index is 0.0685. The predicted molar refractivity (Wildman–Crippen MR) is 69.5 cm³/mol. The highest BCUT2D eigenvalue weighted by Crippen LogP contribution is 2.64. The first kappa shape index (κ1) is 20.6. The van der Waals surface area contributed by atoms with Crippen LogP contribution in [0, 0.1) is 6.92 Å². The van der Waals surface area contributed by atoms with E-state index in [4.69, 9.17) is 11.6 Å². The van der Waals surface area contributed by atoms with Crippen molar-refractivity contribution in [1.82, 2.24) is 0 Å². The fourth-order valence-electron chi connectivity index (χ4n) is 2.04. The highest BCUT2D eigenvalue weighted by atomic mass is 35.5. The number of alkyl halides is 9. The third-order valence-corrected chi connectivity index (χ3v) is 4.05. The topological polar surface area (TPSA) is 38.3 Å². The van der Waals surface area contributed by atoms with Crippen LogP contribution < -0.4 is 5.32 Å². The Balaban J connectivity index is 2.46. The predicted octanol–water partition coefficient (Wildman–Crippen LogP) is 4.78. The minimum Gasteiger partial charge on any atom is -0.320 e. The van der Waals surface area contributed by atoms with Crippen LogP contribution in [-0.4, -0.2) is 35.6 Å². The van der Waals surface area contributed by atoms with Crippen LogP contribution in [0.25, 0.3) is 0 Å². The molecule has 1 aliphatic heterocycles. The maximum atomic E-state index is 14.0. The van der Waals surface area contributed by atoms with Crippen molar-refractivity contribution >= 4 is 23.2 Å². The van der Waals surface area contributed by atoms with E-state index in [1.165, 1.54) is 18.3 Å². The number of benzene rings is 1. The summed E-state index contributed by atoms with van der Waals surface area (Å²) in [6.07, 6.45) is -6.29. The van der Waals surface area contributed by atoms with Gasteiger partial charge in [-0.2, -0.15) is 39.5 Å². The van der Waals surface area contributed by atoms with Gasteiger partial charge in [0.25, 0.3) is 0 Å². The van der Waals surface area contributed by atoms with E-state index in [1.807, 2.05) is 0 Å². The molecule has 1 N–H and O–H groups in total. The lowest BCUT2D eigenvalue weighted by Crippen LogP contribution is -2.63. The summed E-state index contributed by atoms with van der Waals surface area (Å²) in [7, 11) is 0. The van der Waals surface area contributed by atoms with Crippen molar-refractivity contribution in [2.24, 2.45) is 0 Å². The van der Waals surface area contributed by atoms with Gasteiger partial charge in [0, 0.05) is 10.7 Å². The summed E-state index contributed by atoms with van der Waals surface area (Å²) in [5.41, 5.74) is -0.591. The first-order chi connectivity index (χ1) is 11.5. The third-order valence-electron chi connectivity index (χ3n) is 3.64. The monoisotopic (exact) mass is 415 g/mol. The van der Waals surface area contributed by atoms with Crippen LogP contribution in [-0.2, 0) is 9.53 Å². The Labute approximate surface area is 144 Å². The largest absolute Gasteiger partial charge is 0.428 e. The standard InChI is InChI=1S/C13H7ClF9NO2/c1-5-6(14)3-2-4-7(5)24-8(25)9(15,16)12(21)10(17,18)11(19,20)13(22,23)26-12/h2-4H,1H3,(H,24,25)/t12-/m0/s1. The molecule has 1 aromatic rings. The minimum atomic E-state index is -6.73. The molecule has 13 heteroatoms. The van der Waals surface area contributed by atoms with E-state index in [0.717, 1.165) is 12.1 Å². The summed E-state index contributed by atoms with van der Waals surface area (Å²) < 4.78 is 123. The Hall–Kier alpha value is -1.69. The quantitative estimate of drug-likeness (QED) is 0.722. The molecular formula is C13H7ClF9NO2. The lowest BCUT2D eigenvalue weighted by molar-refractivity contribution is -0.366. The summed E-state index contributed by atoms with van der Waals surface area (Å²) in [6, 6.07) is 3.31. The van der Waals surface area contributed by atoms with Gasteiger partial charge in [-0.1, -0.05) is 17.7 Å². The van der Waals surface area contributed by atoms with Gasteiger partial charge in [-0.3, -0.25) is 9.53 Å². The fourth-order valence-corrected chi connectivity index (χ4v) is 2.22. The molecule has 1 saturated heterocycles. The number of anilines is 1. The first-order valence-electron chi connectivity index (χ1n) is 6.50. The molecule has 0 unspecified atom stereocenters.